The van der Waals surface area contributed by atoms with E-state index in [4.69, 9.17) is 32.7 Å². The first kappa shape index (κ1) is 28.7. The fourth-order valence-electron chi connectivity index (χ4n) is 4.76. The summed E-state index contributed by atoms with van der Waals surface area (Å²) in [6, 6.07) is 14.7. The standard InChI is InChI=1S/C28H31Cl2NO5S2/c1-3-35-28(32)31-26-11-8-19-7-10-22(36-13-4-14-38(33,34)27-12-5-18(2)37-27)17-23(19)24(26)15-20-6-9-21(29)16-25(20)30/h5-7,9-10,12,16-17,24,26H,3-4,8,11,13-15H2,1-2H3,(H,31,32). The summed E-state index contributed by atoms with van der Waals surface area (Å²) in [5.41, 5.74) is 3.19. The number of carbonyl (C=O) groups excluding carboxylic acids is 1. The van der Waals surface area contributed by atoms with Crippen molar-refractivity contribution in [3.63, 3.8) is 0 Å². The molecule has 1 aromatic heterocycles. The van der Waals surface area contributed by atoms with Crippen LogP contribution in [0.15, 0.2) is 52.7 Å². The highest BCUT2D eigenvalue weighted by atomic mass is 35.5. The van der Waals surface area contributed by atoms with Crippen molar-refractivity contribution in [3.8, 4) is 5.75 Å². The maximum Gasteiger partial charge on any atom is 0.407 e. The summed E-state index contributed by atoms with van der Waals surface area (Å²) in [6.07, 6.45) is 2.11. The van der Waals surface area contributed by atoms with Crippen LogP contribution in [0.5, 0.6) is 5.75 Å². The maximum atomic E-state index is 12.6. The number of hydrogen-bond donors (Lipinski definition) is 1. The molecule has 0 saturated carbocycles. The lowest BCUT2D eigenvalue weighted by Gasteiger charge is -2.34. The van der Waals surface area contributed by atoms with Gasteiger partial charge in [-0.15, -0.1) is 11.3 Å². The monoisotopic (exact) mass is 595 g/mol. The highest BCUT2D eigenvalue weighted by molar-refractivity contribution is 7.93. The van der Waals surface area contributed by atoms with E-state index < -0.39 is 15.9 Å². The molecule has 1 aliphatic rings. The minimum absolute atomic E-state index is 0.0289. The lowest BCUT2D eigenvalue weighted by Crippen LogP contribution is -2.43. The molecular formula is C28H31Cl2NO5S2. The molecule has 0 bridgehead atoms. The molecule has 204 valence electrons. The van der Waals surface area contributed by atoms with Gasteiger partial charge in [0.1, 0.15) is 9.96 Å². The van der Waals surface area contributed by atoms with Gasteiger partial charge in [-0.3, -0.25) is 0 Å². The third kappa shape index (κ3) is 7.23. The Morgan fingerprint density at radius 2 is 1.95 bits per heavy atom. The minimum Gasteiger partial charge on any atom is -0.494 e. The molecule has 10 heteroatoms. The van der Waals surface area contributed by atoms with E-state index in [0.29, 0.717) is 39.5 Å². The van der Waals surface area contributed by atoms with E-state index in [0.717, 1.165) is 28.8 Å². The first-order valence-electron chi connectivity index (χ1n) is 12.6. The number of fused-ring (bicyclic) bond motifs is 1. The Bertz CT molecular complexity index is 1390. The highest BCUT2D eigenvalue weighted by Gasteiger charge is 2.32. The molecule has 0 aliphatic heterocycles. The van der Waals surface area contributed by atoms with Crippen LogP contribution in [0, 0.1) is 6.92 Å². The van der Waals surface area contributed by atoms with Gasteiger partial charge in [-0.2, -0.15) is 0 Å². The predicted molar refractivity (Wildman–Crippen MR) is 153 cm³/mol. The SMILES string of the molecule is CCOC(=O)NC1CCc2ccc(OCCCS(=O)(=O)c3ccc(C)s3)cc2C1Cc1ccc(Cl)cc1Cl. The summed E-state index contributed by atoms with van der Waals surface area (Å²) >= 11 is 13.9. The number of ether oxygens (including phenoxy) is 2. The van der Waals surface area contributed by atoms with E-state index in [9.17, 15) is 13.2 Å². The van der Waals surface area contributed by atoms with Gasteiger partial charge < -0.3 is 14.8 Å². The predicted octanol–water partition coefficient (Wildman–Crippen LogP) is 6.99. The number of nitrogens with one attached hydrogen (secondary N) is 1. The summed E-state index contributed by atoms with van der Waals surface area (Å²) in [4.78, 5) is 13.3. The van der Waals surface area contributed by atoms with Crippen molar-refractivity contribution in [3.05, 3.63) is 80.1 Å². The van der Waals surface area contributed by atoms with Crippen LogP contribution in [0.1, 0.15) is 47.3 Å². The smallest absolute Gasteiger partial charge is 0.407 e. The normalized spacial score (nSPS) is 17.1. The molecule has 2 aromatic carbocycles. The van der Waals surface area contributed by atoms with Crippen molar-refractivity contribution in [2.75, 3.05) is 19.0 Å². The largest absolute Gasteiger partial charge is 0.494 e. The van der Waals surface area contributed by atoms with Crippen molar-refractivity contribution in [2.24, 2.45) is 0 Å². The average molecular weight is 597 g/mol. The number of sulfone groups is 1. The molecule has 0 saturated heterocycles. The number of benzene rings is 2. The molecule has 2 unspecified atom stereocenters. The molecule has 0 fully saturated rings. The molecule has 3 aromatic rings. The second-order valence-corrected chi connectivity index (χ2v) is 13.8. The first-order chi connectivity index (χ1) is 18.2. The van der Waals surface area contributed by atoms with E-state index in [1.165, 1.54) is 16.9 Å². The van der Waals surface area contributed by atoms with E-state index in [-0.39, 0.29) is 24.3 Å². The first-order valence-corrected chi connectivity index (χ1v) is 15.8. The summed E-state index contributed by atoms with van der Waals surface area (Å²) in [5.74, 6) is 0.631. The second kappa shape index (κ2) is 12.7. The quantitative estimate of drug-likeness (QED) is 0.255. The van der Waals surface area contributed by atoms with Crippen LogP contribution in [0.2, 0.25) is 10.0 Å². The van der Waals surface area contributed by atoms with E-state index in [1.54, 1.807) is 19.1 Å². The van der Waals surface area contributed by atoms with E-state index >= 15 is 0 Å². The Balaban J connectivity index is 1.50. The molecule has 0 spiro atoms. The van der Waals surface area contributed by atoms with Crippen LogP contribution in [0.25, 0.3) is 0 Å². The highest BCUT2D eigenvalue weighted by Crippen LogP contribution is 2.38. The molecule has 1 amide bonds. The summed E-state index contributed by atoms with van der Waals surface area (Å²) in [5, 5.41) is 4.17. The van der Waals surface area contributed by atoms with Gasteiger partial charge in [-0.25, -0.2) is 13.2 Å². The van der Waals surface area contributed by atoms with Crippen LogP contribution in [0.3, 0.4) is 0 Å². The molecule has 0 radical (unpaired) electrons. The van der Waals surface area contributed by atoms with Crippen LogP contribution >= 0.6 is 34.5 Å². The molecule has 1 N–H and O–H groups in total. The van der Waals surface area contributed by atoms with Crippen LogP contribution in [-0.2, 0) is 27.4 Å². The Labute approximate surface area is 238 Å². The summed E-state index contributed by atoms with van der Waals surface area (Å²) in [6.45, 7) is 4.24. The van der Waals surface area contributed by atoms with Gasteiger partial charge in [0.15, 0.2) is 9.84 Å². The van der Waals surface area contributed by atoms with Crippen molar-refractivity contribution in [1.82, 2.24) is 5.32 Å². The zero-order valence-corrected chi connectivity index (χ0v) is 24.5. The number of alkyl carbamates (subject to hydrolysis) is 1. The van der Waals surface area contributed by atoms with Gasteiger partial charge in [0.2, 0.25) is 0 Å². The topological polar surface area (TPSA) is 81.7 Å². The Hall–Kier alpha value is -2.26. The molecule has 38 heavy (non-hydrogen) atoms. The Morgan fingerprint density at radius 3 is 2.66 bits per heavy atom. The number of rotatable bonds is 10. The third-order valence-corrected chi connectivity index (χ3v) is 10.6. The molecule has 4 rings (SSSR count). The van der Waals surface area contributed by atoms with Gasteiger partial charge in [0.25, 0.3) is 0 Å². The average Bonchev–Trinajstić information content (AvgIpc) is 3.32. The van der Waals surface area contributed by atoms with Crippen LogP contribution in [-0.4, -0.2) is 39.5 Å². The number of amides is 1. The lowest BCUT2D eigenvalue weighted by molar-refractivity contribution is 0.144. The molecule has 2 atom stereocenters. The Morgan fingerprint density at radius 1 is 1.13 bits per heavy atom. The number of aryl methyl sites for hydroxylation is 2. The number of carbonyl (C=O) groups is 1. The minimum atomic E-state index is -3.32. The Kier molecular flexibility index (Phi) is 9.63. The van der Waals surface area contributed by atoms with E-state index in [1.807, 2.05) is 43.3 Å². The number of halogens is 2. The van der Waals surface area contributed by atoms with Crippen molar-refractivity contribution in [2.45, 2.75) is 55.7 Å². The summed E-state index contributed by atoms with van der Waals surface area (Å²) < 4.78 is 36.7. The van der Waals surface area contributed by atoms with Gasteiger partial charge in [-0.1, -0.05) is 35.3 Å². The fourth-order valence-corrected chi connectivity index (χ4v) is 7.96. The van der Waals surface area contributed by atoms with Gasteiger partial charge >= 0.3 is 6.09 Å². The van der Waals surface area contributed by atoms with Gasteiger partial charge in [0.05, 0.1) is 19.0 Å². The van der Waals surface area contributed by atoms with Crippen LogP contribution < -0.4 is 10.1 Å². The molecular weight excluding hydrogens is 565 g/mol. The maximum absolute atomic E-state index is 12.6. The third-order valence-electron chi connectivity index (χ3n) is 6.61. The number of thiophene rings is 1. The molecule has 6 nitrogen and oxygen atoms in total. The van der Waals surface area contributed by atoms with Gasteiger partial charge in [0, 0.05) is 26.9 Å². The zero-order valence-electron chi connectivity index (χ0n) is 21.3. The molecule has 1 aliphatic carbocycles. The van der Waals surface area contributed by atoms with Gasteiger partial charge in [-0.05, 0) is 92.6 Å². The van der Waals surface area contributed by atoms with E-state index in [2.05, 4.69) is 5.32 Å². The lowest BCUT2D eigenvalue weighted by atomic mass is 9.76. The fraction of sp³-hybridized carbons (Fsp3) is 0.393. The molecule has 1 heterocycles. The van der Waals surface area contributed by atoms with Crippen LogP contribution in [0.4, 0.5) is 4.79 Å². The van der Waals surface area contributed by atoms with Crippen molar-refractivity contribution >= 4 is 50.5 Å². The second-order valence-electron chi connectivity index (χ2n) is 9.30. The number of hydrogen-bond acceptors (Lipinski definition) is 6. The van der Waals surface area contributed by atoms with Crippen molar-refractivity contribution in [1.29, 1.82) is 0 Å². The van der Waals surface area contributed by atoms with Crippen molar-refractivity contribution < 1.29 is 22.7 Å². The summed E-state index contributed by atoms with van der Waals surface area (Å²) in [7, 11) is -3.32. The zero-order chi connectivity index (χ0) is 27.3.